The molecule has 2 aromatic carbocycles. The third-order valence-electron chi connectivity index (χ3n) is 5.59. The highest BCUT2D eigenvalue weighted by molar-refractivity contribution is 6.07. The lowest BCUT2D eigenvalue weighted by Gasteiger charge is -2.38. The highest BCUT2D eigenvalue weighted by atomic mass is 19.1. The quantitative estimate of drug-likeness (QED) is 0.813. The number of aryl methyl sites for hydroxylation is 1. The lowest BCUT2D eigenvalue weighted by atomic mass is 9.88. The summed E-state index contributed by atoms with van der Waals surface area (Å²) >= 11 is 0. The maximum absolute atomic E-state index is 14.0. The Morgan fingerprint density at radius 3 is 2.59 bits per heavy atom. The van der Waals surface area contributed by atoms with Crippen LogP contribution in [0.1, 0.15) is 34.3 Å². The fraction of sp³-hybridized carbons (Fsp3) is 0.318. The highest BCUT2D eigenvalue weighted by Crippen LogP contribution is 2.30. The summed E-state index contributed by atoms with van der Waals surface area (Å²) in [5.74, 6) is -1.41. The Morgan fingerprint density at radius 1 is 1.14 bits per heavy atom. The van der Waals surface area contributed by atoms with Gasteiger partial charge in [-0.2, -0.15) is 0 Å². The van der Waals surface area contributed by atoms with Gasteiger partial charge in [0.15, 0.2) is 0 Å². The second-order valence-corrected chi connectivity index (χ2v) is 7.70. The van der Waals surface area contributed by atoms with E-state index in [1.165, 1.54) is 28.0 Å². The molecule has 2 aromatic rings. The molecule has 1 spiro atoms. The Bertz CT molecular complexity index is 976. The van der Waals surface area contributed by atoms with Gasteiger partial charge >= 0.3 is 6.03 Å². The van der Waals surface area contributed by atoms with Gasteiger partial charge in [-0.15, -0.1) is 0 Å². The third kappa shape index (κ3) is 3.48. The average molecular weight is 395 g/mol. The van der Waals surface area contributed by atoms with E-state index in [1.807, 2.05) is 31.2 Å². The van der Waals surface area contributed by atoms with Crippen molar-refractivity contribution in [3.05, 3.63) is 71.0 Å². The molecule has 2 fully saturated rings. The molecule has 150 valence electrons. The van der Waals surface area contributed by atoms with Gasteiger partial charge in [0.05, 0.1) is 18.7 Å². The number of carbonyl (C=O) groups excluding carboxylic acids is 3. The number of nitrogens with zero attached hydrogens (tertiary/aromatic N) is 2. The number of rotatable bonds is 3. The zero-order valence-corrected chi connectivity index (χ0v) is 16.2. The molecule has 0 aliphatic carbocycles. The molecular formula is C22H22FN3O3. The van der Waals surface area contributed by atoms with Gasteiger partial charge in [-0.3, -0.25) is 14.5 Å². The van der Waals surface area contributed by atoms with Crippen molar-refractivity contribution in [3.63, 3.8) is 0 Å². The van der Waals surface area contributed by atoms with E-state index in [-0.39, 0.29) is 24.6 Å². The van der Waals surface area contributed by atoms with Crippen LogP contribution in [0.3, 0.4) is 0 Å². The molecule has 2 heterocycles. The summed E-state index contributed by atoms with van der Waals surface area (Å²) < 4.78 is 14.0. The van der Waals surface area contributed by atoms with E-state index >= 15 is 0 Å². The average Bonchev–Trinajstić information content (AvgIpc) is 2.93. The number of piperidine rings is 1. The van der Waals surface area contributed by atoms with E-state index in [0.29, 0.717) is 19.4 Å². The lowest BCUT2D eigenvalue weighted by Crippen LogP contribution is -2.59. The standard InChI is InChI=1S/C22H22FN3O3/c1-15-7-9-16(10-8-15)13-26-20(28)22(24-21(26)29)11-4-12-25(14-22)19(27)17-5-2-3-6-18(17)23/h2-3,5-10H,4,11-14H2,1H3,(H,24,29)/t22-/m1/s1. The van der Waals surface area contributed by atoms with E-state index < -0.39 is 23.3 Å². The van der Waals surface area contributed by atoms with Crippen LogP contribution >= 0.6 is 0 Å². The predicted octanol–water partition coefficient (Wildman–Crippen LogP) is 2.86. The van der Waals surface area contributed by atoms with E-state index in [9.17, 15) is 18.8 Å². The van der Waals surface area contributed by atoms with E-state index in [2.05, 4.69) is 5.32 Å². The zero-order chi connectivity index (χ0) is 20.6. The van der Waals surface area contributed by atoms with Crippen molar-refractivity contribution in [1.82, 2.24) is 15.1 Å². The van der Waals surface area contributed by atoms with Gasteiger partial charge in [0, 0.05) is 6.54 Å². The number of hydrogen-bond donors (Lipinski definition) is 1. The number of halogens is 1. The number of imide groups is 1. The molecule has 0 unspecified atom stereocenters. The fourth-order valence-corrected chi connectivity index (χ4v) is 4.01. The number of urea groups is 1. The Labute approximate surface area is 168 Å². The minimum atomic E-state index is -1.15. The molecule has 4 amide bonds. The van der Waals surface area contributed by atoms with E-state index in [4.69, 9.17) is 0 Å². The fourth-order valence-electron chi connectivity index (χ4n) is 4.01. The first-order valence-electron chi connectivity index (χ1n) is 9.63. The van der Waals surface area contributed by atoms with Crippen LogP contribution in [-0.4, -0.2) is 46.3 Å². The van der Waals surface area contributed by atoms with Gasteiger partial charge in [-0.1, -0.05) is 42.0 Å². The number of carbonyl (C=O) groups is 3. The van der Waals surface area contributed by atoms with Crippen molar-refractivity contribution in [3.8, 4) is 0 Å². The van der Waals surface area contributed by atoms with Gasteiger partial charge in [-0.05, 0) is 37.5 Å². The molecule has 1 N–H and O–H groups in total. The van der Waals surface area contributed by atoms with Crippen LogP contribution in [0.15, 0.2) is 48.5 Å². The van der Waals surface area contributed by atoms with Crippen molar-refractivity contribution in [2.75, 3.05) is 13.1 Å². The summed E-state index contributed by atoms with van der Waals surface area (Å²) in [4.78, 5) is 41.2. The van der Waals surface area contributed by atoms with Gasteiger partial charge in [0.25, 0.3) is 11.8 Å². The first kappa shape index (κ1) is 19.1. The van der Waals surface area contributed by atoms with E-state index in [0.717, 1.165) is 11.1 Å². The van der Waals surface area contributed by atoms with Crippen LogP contribution in [-0.2, 0) is 11.3 Å². The van der Waals surface area contributed by atoms with Crippen molar-refractivity contribution in [2.45, 2.75) is 31.8 Å². The summed E-state index contributed by atoms with van der Waals surface area (Å²) in [5, 5.41) is 2.80. The van der Waals surface area contributed by atoms with Gasteiger partial charge in [0.1, 0.15) is 11.4 Å². The van der Waals surface area contributed by atoms with E-state index in [1.54, 1.807) is 6.07 Å². The molecule has 29 heavy (non-hydrogen) atoms. The number of nitrogens with one attached hydrogen (secondary N) is 1. The first-order chi connectivity index (χ1) is 13.9. The normalized spacial score (nSPS) is 21.6. The van der Waals surface area contributed by atoms with Crippen molar-refractivity contribution in [2.24, 2.45) is 0 Å². The molecule has 0 bridgehead atoms. The zero-order valence-electron chi connectivity index (χ0n) is 16.2. The van der Waals surface area contributed by atoms with Crippen molar-refractivity contribution in [1.29, 1.82) is 0 Å². The summed E-state index contributed by atoms with van der Waals surface area (Å²) in [6.07, 6.45) is 0.994. The second kappa shape index (κ2) is 7.31. The molecule has 6 nitrogen and oxygen atoms in total. The van der Waals surface area contributed by atoms with Crippen molar-refractivity contribution >= 4 is 17.8 Å². The number of hydrogen-bond acceptors (Lipinski definition) is 3. The Morgan fingerprint density at radius 2 is 1.86 bits per heavy atom. The number of likely N-dealkylation sites (tertiary alicyclic amines) is 1. The molecule has 4 rings (SSSR count). The Kier molecular flexibility index (Phi) is 4.82. The summed E-state index contributed by atoms with van der Waals surface area (Å²) in [7, 11) is 0. The van der Waals surface area contributed by atoms with Crippen LogP contribution in [0.5, 0.6) is 0 Å². The molecule has 7 heteroatoms. The minimum Gasteiger partial charge on any atom is -0.336 e. The molecule has 2 saturated heterocycles. The molecule has 0 saturated carbocycles. The van der Waals surface area contributed by atoms with Crippen LogP contribution in [0.2, 0.25) is 0 Å². The smallest absolute Gasteiger partial charge is 0.325 e. The van der Waals surface area contributed by atoms with Gasteiger partial charge < -0.3 is 10.2 Å². The molecule has 0 radical (unpaired) electrons. The van der Waals surface area contributed by atoms with Crippen LogP contribution < -0.4 is 5.32 Å². The number of amides is 4. The number of benzene rings is 2. The molecule has 1 atom stereocenters. The molecule has 2 aliphatic rings. The Balaban J connectivity index is 1.54. The third-order valence-corrected chi connectivity index (χ3v) is 5.59. The second-order valence-electron chi connectivity index (χ2n) is 7.70. The maximum Gasteiger partial charge on any atom is 0.325 e. The molecular weight excluding hydrogens is 373 g/mol. The van der Waals surface area contributed by atoms with Crippen molar-refractivity contribution < 1.29 is 18.8 Å². The van der Waals surface area contributed by atoms with Gasteiger partial charge in [-0.25, -0.2) is 9.18 Å². The molecule has 0 aromatic heterocycles. The molecule has 2 aliphatic heterocycles. The summed E-state index contributed by atoms with van der Waals surface area (Å²) in [6, 6.07) is 12.9. The van der Waals surface area contributed by atoms with Crippen LogP contribution in [0.4, 0.5) is 9.18 Å². The largest absolute Gasteiger partial charge is 0.336 e. The predicted molar refractivity (Wildman–Crippen MR) is 105 cm³/mol. The van der Waals surface area contributed by atoms with Gasteiger partial charge in [0.2, 0.25) is 0 Å². The highest BCUT2D eigenvalue weighted by Gasteiger charge is 2.53. The topological polar surface area (TPSA) is 69.7 Å². The summed E-state index contributed by atoms with van der Waals surface area (Å²) in [5.41, 5.74) is 0.766. The Hall–Kier alpha value is -3.22. The minimum absolute atomic E-state index is 0.0298. The maximum atomic E-state index is 14.0. The van der Waals surface area contributed by atoms with Crippen LogP contribution in [0.25, 0.3) is 0 Å². The monoisotopic (exact) mass is 395 g/mol. The lowest BCUT2D eigenvalue weighted by molar-refractivity contribution is -0.133. The first-order valence-corrected chi connectivity index (χ1v) is 9.63. The van der Waals surface area contributed by atoms with Crippen LogP contribution in [0, 0.1) is 12.7 Å². The summed E-state index contributed by atoms with van der Waals surface area (Å²) in [6.45, 7) is 2.59. The SMILES string of the molecule is Cc1ccc(CN2C(=O)N[C@@]3(CCCN(C(=O)c4ccccc4F)C3)C2=O)cc1.